The van der Waals surface area contributed by atoms with E-state index in [0.717, 1.165) is 48.6 Å². The molecule has 4 rings (SSSR count). The number of carbonyl (C=O) groups excluding carboxylic acids is 1. The topological polar surface area (TPSA) is 47.9 Å². The van der Waals surface area contributed by atoms with Crippen molar-refractivity contribution < 1.29 is 13.6 Å². The summed E-state index contributed by atoms with van der Waals surface area (Å²) < 4.78 is 26.5. The zero-order valence-electron chi connectivity index (χ0n) is 14.9. The Bertz CT molecular complexity index is 890. The number of rotatable bonds is 2. The number of benzene rings is 1. The van der Waals surface area contributed by atoms with Gasteiger partial charge in [-0.2, -0.15) is 0 Å². The van der Waals surface area contributed by atoms with Crippen molar-refractivity contribution in [3.05, 3.63) is 52.4 Å². The second-order valence-electron chi connectivity index (χ2n) is 6.87. The fourth-order valence-corrected chi connectivity index (χ4v) is 4.48. The summed E-state index contributed by atoms with van der Waals surface area (Å²) in [6, 6.07) is 5.48. The lowest BCUT2D eigenvalue weighted by molar-refractivity contribution is 0.0976. The third kappa shape index (κ3) is 3.59. The summed E-state index contributed by atoms with van der Waals surface area (Å²) in [5.41, 5.74) is 0.937. The molecule has 1 aromatic heterocycles. The molecule has 1 amide bonds. The van der Waals surface area contributed by atoms with Gasteiger partial charge < -0.3 is 15.1 Å². The van der Waals surface area contributed by atoms with Crippen LogP contribution in [0.2, 0.25) is 0 Å². The highest BCUT2D eigenvalue weighted by Crippen LogP contribution is 2.34. The van der Waals surface area contributed by atoms with Crippen LogP contribution in [-0.4, -0.2) is 49.5 Å². The van der Waals surface area contributed by atoms with Gasteiger partial charge in [0.2, 0.25) is 0 Å². The van der Waals surface area contributed by atoms with Crippen LogP contribution in [0, 0.1) is 11.6 Å². The molecule has 0 radical (unpaired) electrons. The number of aliphatic imine (C=N–C) groups is 1. The summed E-state index contributed by atoms with van der Waals surface area (Å²) in [5.74, 6) is -2.05. The van der Waals surface area contributed by atoms with Crippen LogP contribution in [0.25, 0.3) is 0 Å². The van der Waals surface area contributed by atoms with E-state index in [1.165, 1.54) is 6.07 Å². The molecule has 1 aromatic carbocycles. The highest BCUT2D eigenvalue weighted by Gasteiger charge is 2.30. The predicted molar refractivity (Wildman–Crippen MR) is 103 cm³/mol. The van der Waals surface area contributed by atoms with Gasteiger partial charge in [0.1, 0.15) is 17.5 Å². The maximum atomic E-state index is 13.4. The van der Waals surface area contributed by atoms with Crippen LogP contribution in [0.4, 0.5) is 13.8 Å². The highest BCUT2D eigenvalue weighted by atomic mass is 32.1. The van der Waals surface area contributed by atoms with E-state index >= 15 is 0 Å². The number of hydrogen-bond donors (Lipinski definition) is 1. The van der Waals surface area contributed by atoms with E-state index < -0.39 is 17.5 Å². The molecule has 8 heteroatoms. The molecule has 0 atom stereocenters. The maximum absolute atomic E-state index is 13.4. The number of piperidine rings is 1. The van der Waals surface area contributed by atoms with E-state index in [2.05, 4.69) is 27.2 Å². The molecule has 1 fully saturated rings. The average molecular weight is 390 g/mol. The molecule has 0 unspecified atom stereocenters. The lowest BCUT2D eigenvalue weighted by Gasteiger charge is -2.39. The Kier molecular flexibility index (Phi) is 4.92. The number of hydrogen-bond acceptors (Lipinski definition) is 5. The van der Waals surface area contributed by atoms with Crippen molar-refractivity contribution >= 4 is 28.1 Å². The molecule has 2 aromatic rings. The summed E-state index contributed by atoms with van der Waals surface area (Å²) >= 11 is 1.63. The number of carbonyl (C=O) groups is 1. The minimum atomic E-state index is -1.04. The number of amidine groups is 1. The summed E-state index contributed by atoms with van der Waals surface area (Å²) in [4.78, 5) is 21.6. The highest BCUT2D eigenvalue weighted by molar-refractivity contribution is 7.14. The van der Waals surface area contributed by atoms with Crippen molar-refractivity contribution in [2.75, 3.05) is 31.7 Å². The standard InChI is InChI=1S/C19H20F2N4OS/c1-24-7-4-13(5-8-24)25-11-22-17(14-6-9-27-19(14)25)23-18(26)12-2-3-15(20)16(21)10-12/h2-3,6,9-10,13H,4-5,7-8,11H2,1H3,(H,22,23,26). The molecular weight excluding hydrogens is 370 g/mol. The summed E-state index contributed by atoms with van der Waals surface area (Å²) in [7, 11) is 2.13. The van der Waals surface area contributed by atoms with Crippen LogP contribution in [0.3, 0.4) is 0 Å². The van der Waals surface area contributed by atoms with Crippen LogP contribution < -0.4 is 10.2 Å². The molecule has 5 nitrogen and oxygen atoms in total. The molecule has 0 saturated carbocycles. The average Bonchev–Trinajstić information content (AvgIpc) is 3.15. The molecule has 1 saturated heterocycles. The van der Waals surface area contributed by atoms with Gasteiger partial charge in [-0.1, -0.05) is 0 Å². The van der Waals surface area contributed by atoms with Crippen LogP contribution in [0.5, 0.6) is 0 Å². The summed E-state index contributed by atoms with van der Waals surface area (Å²) in [6.07, 6.45) is 2.17. The van der Waals surface area contributed by atoms with Gasteiger partial charge in [0.25, 0.3) is 5.91 Å². The number of amides is 1. The Labute approximate surface area is 160 Å². The Hall–Kier alpha value is -2.32. The number of halogens is 2. The lowest BCUT2D eigenvalue weighted by atomic mass is 10.0. The molecule has 1 N–H and O–H groups in total. The molecule has 0 aliphatic carbocycles. The minimum Gasteiger partial charge on any atom is -0.340 e. The first-order valence-corrected chi connectivity index (χ1v) is 9.75. The monoisotopic (exact) mass is 390 g/mol. The van der Waals surface area contributed by atoms with Crippen molar-refractivity contribution in [2.45, 2.75) is 18.9 Å². The Morgan fingerprint density at radius 1 is 1.22 bits per heavy atom. The number of thiophene rings is 1. The smallest absolute Gasteiger partial charge is 0.256 e. The van der Waals surface area contributed by atoms with Gasteiger partial charge in [-0.25, -0.2) is 13.8 Å². The van der Waals surface area contributed by atoms with Crippen LogP contribution in [-0.2, 0) is 0 Å². The fraction of sp³-hybridized carbons (Fsp3) is 0.368. The lowest BCUT2D eigenvalue weighted by Crippen LogP contribution is -2.46. The third-order valence-electron chi connectivity index (χ3n) is 5.08. The van der Waals surface area contributed by atoms with Crippen LogP contribution in [0.1, 0.15) is 28.8 Å². The van der Waals surface area contributed by atoms with E-state index in [4.69, 9.17) is 0 Å². The second kappa shape index (κ2) is 7.36. The molecule has 142 valence electrons. The van der Waals surface area contributed by atoms with Crippen molar-refractivity contribution in [2.24, 2.45) is 4.99 Å². The summed E-state index contributed by atoms with van der Waals surface area (Å²) in [6.45, 7) is 2.60. The summed E-state index contributed by atoms with van der Waals surface area (Å²) in [5, 5.41) is 5.83. The maximum Gasteiger partial charge on any atom is 0.256 e. The first-order valence-electron chi connectivity index (χ1n) is 8.87. The van der Waals surface area contributed by atoms with Crippen LogP contribution >= 0.6 is 11.3 Å². The van der Waals surface area contributed by atoms with Gasteiger partial charge in [0, 0.05) is 11.6 Å². The first kappa shape index (κ1) is 18.1. The number of nitrogens with one attached hydrogen (secondary N) is 1. The quantitative estimate of drug-likeness (QED) is 0.857. The zero-order chi connectivity index (χ0) is 19.0. The van der Waals surface area contributed by atoms with E-state index in [0.29, 0.717) is 18.5 Å². The van der Waals surface area contributed by atoms with Crippen molar-refractivity contribution in [3.8, 4) is 0 Å². The number of anilines is 1. The van der Waals surface area contributed by atoms with Crippen molar-refractivity contribution in [3.63, 3.8) is 0 Å². The molecule has 3 heterocycles. The minimum absolute atomic E-state index is 0.0612. The molecule has 2 aliphatic rings. The van der Waals surface area contributed by atoms with Gasteiger partial charge >= 0.3 is 0 Å². The zero-order valence-corrected chi connectivity index (χ0v) is 15.7. The SMILES string of the molecule is CN1CCC(N2CN=C(NC(=O)c3ccc(F)c(F)c3)c3ccsc32)CC1. The van der Waals surface area contributed by atoms with Gasteiger partial charge in [-0.15, -0.1) is 11.3 Å². The Morgan fingerprint density at radius 3 is 2.74 bits per heavy atom. The van der Waals surface area contributed by atoms with Crippen molar-refractivity contribution in [1.29, 1.82) is 0 Å². The Morgan fingerprint density at radius 2 is 2.00 bits per heavy atom. The van der Waals surface area contributed by atoms with Gasteiger partial charge in [-0.05, 0) is 62.6 Å². The van der Waals surface area contributed by atoms with Crippen molar-refractivity contribution in [1.82, 2.24) is 10.2 Å². The third-order valence-corrected chi connectivity index (χ3v) is 6.03. The molecular formula is C19H20F2N4OS. The molecule has 0 bridgehead atoms. The second-order valence-corrected chi connectivity index (χ2v) is 7.77. The fourth-order valence-electron chi connectivity index (χ4n) is 3.51. The number of fused-ring (bicyclic) bond motifs is 1. The Balaban J connectivity index is 1.52. The normalized spacial score (nSPS) is 18.2. The first-order chi connectivity index (χ1) is 13.0. The van der Waals surface area contributed by atoms with E-state index in [1.54, 1.807) is 11.3 Å². The van der Waals surface area contributed by atoms with E-state index in [1.807, 2.05) is 11.4 Å². The van der Waals surface area contributed by atoms with Crippen LogP contribution in [0.15, 0.2) is 34.6 Å². The van der Waals surface area contributed by atoms with Gasteiger partial charge in [0.05, 0.1) is 5.56 Å². The van der Waals surface area contributed by atoms with E-state index in [9.17, 15) is 13.6 Å². The largest absolute Gasteiger partial charge is 0.340 e. The molecule has 2 aliphatic heterocycles. The van der Waals surface area contributed by atoms with Gasteiger partial charge in [-0.3, -0.25) is 4.79 Å². The molecule has 0 spiro atoms. The predicted octanol–water partition coefficient (Wildman–Crippen LogP) is 3.07. The molecule has 27 heavy (non-hydrogen) atoms. The number of likely N-dealkylation sites (tertiary alicyclic amines) is 1. The van der Waals surface area contributed by atoms with Gasteiger partial charge in [0.15, 0.2) is 11.6 Å². The van der Waals surface area contributed by atoms with E-state index in [-0.39, 0.29) is 5.56 Å². The number of nitrogens with zero attached hydrogens (tertiary/aromatic N) is 3.